The molecule has 0 saturated carbocycles. The van der Waals surface area contributed by atoms with Crippen LogP contribution in [0, 0.1) is 5.92 Å². The molecule has 0 aliphatic heterocycles. The summed E-state index contributed by atoms with van der Waals surface area (Å²) < 4.78 is 0. The third-order valence-corrected chi connectivity index (χ3v) is 2.50. The summed E-state index contributed by atoms with van der Waals surface area (Å²) >= 11 is 0. The van der Waals surface area contributed by atoms with Crippen molar-refractivity contribution in [2.75, 3.05) is 6.54 Å². The first kappa shape index (κ1) is 12.1. The van der Waals surface area contributed by atoms with Gasteiger partial charge in [-0.15, -0.1) is 10.2 Å². The van der Waals surface area contributed by atoms with Crippen molar-refractivity contribution < 1.29 is 0 Å². The van der Waals surface area contributed by atoms with Crippen molar-refractivity contribution in [3.63, 3.8) is 0 Å². The maximum absolute atomic E-state index is 4.17. The van der Waals surface area contributed by atoms with Crippen LogP contribution in [0.5, 0.6) is 0 Å². The van der Waals surface area contributed by atoms with E-state index >= 15 is 0 Å². The van der Waals surface area contributed by atoms with Gasteiger partial charge in [0.2, 0.25) is 0 Å². The summed E-state index contributed by atoms with van der Waals surface area (Å²) in [6.07, 6.45) is 1.96. The topological polar surface area (TPSA) is 55.6 Å². The van der Waals surface area contributed by atoms with E-state index in [2.05, 4.69) is 41.5 Å². The highest BCUT2D eigenvalue weighted by atomic mass is 15.6. The van der Waals surface area contributed by atoms with Gasteiger partial charge < -0.3 is 5.32 Å². The van der Waals surface area contributed by atoms with Gasteiger partial charge in [-0.2, -0.15) is 4.80 Å². The molecule has 5 nitrogen and oxygen atoms in total. The Morgan fingerprint density at radius 2 is 2.13 bits per heavy atom. The van der Waals surface area contributed by atoms with Crippen molar-refractivity contribution in [1.29, 1.82) is 0 Å². The Morgan fingerprint density at radius 3 is 2.60 bits per heavy atom. The van der Waals surface area contributed by atoms with E-state index in [0.29, 0.717) is 12.0 Å². The lowest BCUT2D eigenvalue weighted by Gasteiger charge is -2.20. The molecule has 5 heteroatoms. The van der Waals surface area contributed by atoms with Crippen LogP contribution in [0.1, 0.15) is 33.0 Å². The van der Waals surface area contributed by atoms with E-state index in [1.165, 1.54) is 4.80 Å². The van der Waals surface area contributed by atoms with Crippen molar-refractivity contribution >= 4 is 0 Å². The Bertz CT molecular complexity index is 281. The molecule has 1 N–H and O–H groups in total. The second-order valence-electron chi connectivity index (χ2n) is 4.14. The van der Waals surface area contributed by atoms with Crippen LogP contribution < -0.4 is 5.32 Å². The Morgan fingerprint density at radius 1 is 1.40 bits per heavy atom. The number of rotatable bonds is 6. The summed E-state index contributed by atoms with van der Waals surface area (Å²) in [5, 5.41) is 15.4. The van der Waals surface area contributed by atoms with Crippen LogP contribution in [0.2, 0.25) is 0 Å². The number of hydrogen-bond acceptors (Lipinski definition) is 4. The van der Waals surface area contributed by atoms with E-state index in [0.717, 1.165) is 25.2 Å². The highest BCUT2D eigenvalue weighted by molar-refractivity contribution is 4.81. The zero-order valence-corrected chi connectivity index (χ0v) is 10.1. The van der Waals surface area contributed by atoms with E-state index in [9.17, 15) is 0 Å². The van der Waals surface area contributed by atoms with Gasteiger partial charge >= 0.3 is 0 Å². The molecule has 0 fully saturated rings. The fourth-order valence-corrected chi connectivity index (χ4v) is 1.64. The molecule has 0 bridgehead atoms. The van der Waals surface area contributed by atoms with Crippen molar-refractivity contribution in [3.8, 4) is 0 Å². The summed E-state index contributed by atoms with van der Waals surface area (Å²) in [7, 11) is 1.79. The molecule has 1 unspecified atom stereocenters. The number of aromatic nitrogens is 4. The third kappa shape index (κ3) is 3.95. The van der Waals surface area contributed by atoms with E-state index in [4.69, 9.17) is 0 Å². The maximum atomic E-state index is 4.17. The van der Waals surface area contributed by atoms with Gasteiger partial charge in [-0.1, -0.05) is 20.8 Å². The third-order valence-electron chi connectivity index (χ3n) is 2.50. The fraction of sp³-hybridized carbons (Fsp3) is 0.900. The molecule has 0 aromatic carbocycles. The van der Waals surface area contributed by atoms with Crippen LogP contribution in [0.15, 0.2) is 0 Å². The predicted molar refractivity (Wildman–Crippen MR) is 59.4 cm³/mol. The highest BCUT2D eigenvalue weighted by Gasteiger charge is 2.13. The summed E-state index contributed by atoms with van der Waals surface area (Å²) in [6, 6.07) is 0.541. The van der Waals surface area contributed by atoms with E-state index < -0.39 is 0 Å². The molecule has 0 amide bonds. The summed E-state index contributed by atoms with van der Waals surface area (Å²) in [6.45, 7) is 7.61. The lowest BCUT2D eigenvalue weighted by Crippen LogP contribution is -2.34. The van der Waals surface area contributed by atoms with E-state index in [-0.39, 0.29) is 0 Å². The predicted octanol–water partition coefficient (Wildman–Crippen LogP) is 0.777. The molecule has 1 atom stereocenters. The van der Waals surface area contributed by atoms with E-state index in [1.54, 1.807) is 7.05 Å². The first-order chi connectivity index (χ1) is 7.13. The van der Waals surface area contributed by atoms with Gasteiger partial charge in [0.1, 0.15) is 0 Å². The molecular weight excluding hydrogens is 190 g/mol. The molecule has 1 aromatic rings. The van der Waals surface area contributed by atoms with Gasteiger partial charge in [-0.05, 0) is 24.1 Å². The van der Waals surface area contributed by atoms with Crippen LogP contribution in [-0.2, 0) is 13.5 Å². The van der Waals surface area contributed by atoms with Crippen LogP contribution in [0.3, 0.4) is 0 Å². The Hall–Kier alpha value is -0.970. The first-order valence-electron chi connectivity index (χ1n) is 5.59. The molecule has 0 aliphatic rings. The second kappa shape index (κ2) is 5.80. The SMILES string of the molecule is CCNC(CCc1nnn(C)n1)C(C)C. The Balaban J connectivity index is 2.39. The summed E-state index contributed by atoms with van der Waals surface area (Å²) in [5.74, 6) is 1.47. The largest absolute Gasteiger partial charge is 0.314 e. The van der Waals surface area contributed by atoms with Crippen LogP contribution in [-0.4, -0.2) is 32.8 Å². The molecule has 1 aromatic heterocycles. The normalized spacial score (nSPS) is 13.4. The van der Waals surface area contributed by atoms with Crippen LogP contribution >= 0.6 is 0 Å². The van der Waals surface area contributed by atoms with Crippen molar-refractivity contribution in [2.24, 2.45) is 13.0 Å². The van der Waals surface area contributed by atoms with Crippen molar-refractivity contribution in [1.82, 2.24) is 25.5 Å². The first-order valence-corrected chi connectivity index (χ1v) is 5.59. The fourth-order valence-electron chi connectivity index (χ4n) is 1.64. The molecule has 1 rings (SSSR count). The van der Waals surface area contributed by atoms with Gasteiger partial charge in [-0.25, -0.2) is 0 Å². The average Bonchev–Trinajstić information content (AvgIpc) is 2.58. The zero-order chi connectivity index (χ0) is 11.3. The second-order valence-corrected chi connectivity index (χ2v) is 4.14. The monoisotopic (exact) mass is 211 g/mol. The molecule has 0 spiro atoms. The lowest BCUT2D eigenvalue weighted by atomic mass is 9.99. The van der Waals surface area contributed by atoms with Crippen molar-refractivity contribution in [3.05, 3.63) is 5.82 Å². The quantitative estimate of drug-likeness (QED) is 0.755. The van der Waals surface area contributed by atoms with Gasteiger partial charge in [0.05, 0.1) is 7.05 Å². The number of tetrazole rings is 1. The minimum Gasteiger partial charge on any atom is -0.314 e. The van der Waals surface area contributed by atoms with Gasteiger partial charge in [-0.3, -0.25) is 0 Å². The number of hydrogen-bond donors (Lipinski definition) is 1. The molecule has 0 saturated heterocycles. The molecular formula is C10H21N5. The maximum Gasteiger partial charge on any atom is 0.174 e. The zero-order valence-electron chi connectivity index (χ0n) is 10.1. The molecule has 0 radical (unpaired) electrons. The molecule has 1 heterocycles. The number of nitrogens with one attached hydrogen (secondary N) is 1. The van der Waals surface area contributed by atoms with Gasteiger partial charge in [0, 0.05) is 12.5 Å². The van der Waals surface area contributed by atoms with E-state index in [1.807, 2.05) is 0 Å². The molecule has 15 heavy (non-hydrogen) atoms. The summed E-state index contributed by atoms with van der Waals surface area (Å²) in [4.78, 5) is 1.51. The highest BCUT2D eigenvalue weighted by Crippen LogP contribution is 2.08. The van der Waals surface area contributed by atoms with Crippen molar-refractivity contribution in [2.45, 2.75) is 39.7 Å². The minimum absolute atomic E-state index is 0.541. The lowest BCUT2D eigenvalue weighted by molar-refractivity contribution is 0.382. The van der Waals surface area contributed by atoms with Gasteiger partial charge in [0.15, 0.2) is 5.82 Å². The standard InChI is InChI=1S/C10H21N5/c1-5-11-9(8(2)3)6-7-10-12-14-15(4)13-10/h8-9,11H,5-7H2,1-4H3. The number of aryl methyl sites for hydroxylation is 2. The average molecular weight is 211 g/mol. The Kier molecular flexibility index (Phi) is 4.68. The van der Waals surface area contributed by atoms with Crippen LogP contribution in [0.4, 0.5) is 0 Å². The summed E-state index contributed by atoms with van der Waals surface area (Å²) in [5.41, 5.74) is 0. The van der Waals surface area contributed by atoms with Crippen LogP contribution in [0.25, 0.3) is 0 Å². The molecule has 86 valence electrons. The smallest absolute Gasteiger partial charge is 0.174 e. The Labute approximate surface area is 91.2 Å². The minimum atomic E-state index is 0.541. The molecule has 0 aliphatic carbocycles. The van der Waals surface area contributed by atoms with Gasteiger partial charge in [0.25, 0.3) is 0 Å². The number of nitrogens with zero attached hydrogens (tertiary/aromatic N) is 4.